The van der Waals surface area contributed by atoms with Crippen LogP contribution in [0.1, 0.15) is 23.6 Å². The number of hydrogen-bond acceptors (Lipinski definition) is 0. The van der Waals surface area contributed by atoms with Crippen LogP contribution in [0, 0.1) is 6.92 Å². The van der Waals surface area contributed by atoms with Crippen LogP contribution in [-0.2, 0) is 0 Å². The predicted octanol–water partition coefficient (Wildman–Crippen LogP) is 3.67. The van der Waals surface area contributed by atoms with Crippen LogP contribution >= 0.6 is 0 Å². The number of benzene rings is 1. The normalized spacial score (nSPS) is 10.5. The van der Waals surface area contributed by atoms with Gasteiger partial charge in [0, 0.05) is 0 Å². The summed E-state index contributed by atoms with van der Waals surface area (Å²) in [5.74, 6) is 0. The van der Waals surface area contributed by atoms with Crippen LogP contribution in [-0.4, -0.2) is 0 Å². The zero-order valence-electron chi connectivity index (χ0n) is 7.67. The maximum atomic E-state index is 3.77. The molecule has 1 aromatic rings. The lowest BCUT2D eigenvalue weighted by Gasteiger charge is -2.00. The summed E-state index contributed by atoms with van der Waals surface area (Å²) < 4.78 is 0. The van der Waals surface area contributed by atoms with Gasteiger partial charge >= 0.3 is 0 Å². The van der Waals surface area contributed by atoms with Crippen LogP contribution in [0.4, 0.5) is 0 Å². The molecule has 0 nitrogen and oxygen atoms in total. The Labute approximate surface area is 74.2 Å². The van der Waals surface area contributed by atoms with Crippen molar-refractivity contribution in [1.29, 1.82) is 0 Å². The van der Waals surface area contributed by atoms with Crippen molar-refractivity contribution in [2.24, 2.45) is 0 Å². The molecule has 0 aliphatic heterocycles. The fraction of sp³-hybridized carbons (Fsp3) is 0.167. The van der Waals surface area contributed by atoms with Crippen molar-refractivity contribution in [1.82, 2.24) is 0 Å². The molecule has 0 aliphatic carbocycles. The van der Waals surface area contributed by atoms with Gasteiger partial charge in [-0.2, -0.15) is 0 Å². The molecule has 0 aromatic heterocycles. The zero-order valence-corrected chi connectivity index (χ0v) is 7.67. The molecule has 0 heteroatoms. The standard InChI is InChI=1S/C12H14/c1-4-6-11-8-7-10(3)12(5-2)9-11/h4-9H,2H2,1,3H3. The molecule has 1 rings (SSSR count). The van der Waals surface area contributed by atoms with Crippen molar-refractivity contribution < 1.29 is 0 Å². The molecular weight excluding hydrogens is 144 g/mol. The quantitative estimate of drug-likeness (QED) is 0.616. The molecule has 0 fully saturated rings. The van der Waals surface area contributed by atoms with Crippen molar-refractivity contribution in [3.8, 4) is 0 Å². The van der Waals surface area contributed by atoms with Gasteiger partial charge in [-0.3, -0.25) is 0 Å². The molecule has 0 saturated heterocycles. The van der Waals surface area contributed by atoms with E-state index in [4.69, 9.17) is 0 Å². The van der Waals surface area contributed by atoms with Gasteiger partial charge in [0.1, 0.15) is 0 Å². The Bertz CT molecular complexity index is 306. The molecule has 0 bridgehead atoms. The van der Waals surface area contributed by atoms with E-state index in [0.29, 0.717) is 0 Å². The third-order valence-electron chi connectivity index (χ3n) is 1.88. The minimum Gasteiger partial charge on any atom is -0.0985 e. The Morgan fingerprint density at radius 1 is 1.33 bits per heavy atom. The lowest BCUT2D eigenvalue weighted by Crippen LogP contribution is -1.81. The first kappa shape index (κ1) is 8.79. The van der Waals surface area contributed by atoms with Gasteiger partial charge in [-0.1, -0.05) is 36.9 Å². The van der Waals surface area contributed by atoms with Gasteiger partial charge < -0.3 is 0 Å². The number of allylic oxidation sites excluding steroid dienone is 1. The molecule has 0 radical (unpaired) electrons. The topological polar surface area (TPSA) is 0 Å². The van der Waals surface area contributed by atoms with E-state index in [1.165, 1.54) is 16.7 Å². The largest absolute Gasteiger partial charge is 0.0985 e. The second kappa shape index (κ2) is 3.91. The highest BCUT2D eigenvalue weighted by molar-refractivity contribution is 5.59. The predicted molar refractivity (Wildman–Crippen MR) is 56.0 cm³/mol. The van der Waals surface area contributed by atoms with E-state index in [1.807, 2.05) is 19.1 Å². The van der Waals surface area contributed by atoms with Gasteiger partial charge in [0.05, 0.1) is 0 Å². The van der Waals surface area contributed by atoms with Crippen molar-refractivity contribution in [3.05, 3.63) is 47.5 Å². The van der Waals surface area contributed by atoms with Crippen molar-refractivity contribution >= 4 is 12.2 Å². The first-order valence-electron chi connectivity index (χ1n) is 4.13. The maximum absolute atomic E-state index is 3.77. The van der Waals surface area contributed by atoms with Gasteiger partial charge in [-0.15, -0.1) is 0 Å². The molecule has 0 N–H and O–H groups in total. The molecule has 0 amide bonds. The molecule has 0 heterocycles. The number of hydrogen-bond donors (Lipinski definition) is 0. The van der Waals surface area contributed by atoms with E-state index < -0.39 is 0 Å². The number of rotatable bonds is 2. The summed E-state index contributed by atoms with van der Waals surface area (Å²) in [5.41, 5.74) is 3.72. The molecule has 1 aromatic carbocycles. The highest BCUT2D eigenvalue weighted by Crippen LogP contribution is 2.13. The lowest BCUT2D eigenvalue weighted by molar-refractivity contribution is 1.43. The summed E-state index contributed by atoms with van der Waals surface area (Å²) in [7, 11) is 0. The molecule has 62 valence electrons. The highest BCUT2D eigenvalue weighted by atomic mass is 14.0. The highest BCUT2D eigenvalue weighted by Gasteiger charge is 1.93. The third-order valence-corrected chi connectivity index (χ3v) is 1.88. The maximum Gasteiger partial charge on any atom is -0.0227 e. The summed E-state index contributed by atoms with van der Waals surface area (Å²) in [6.45, 7) is 7.88. The minimum absolute atomic E-state index is 1.21. The van der Waals surface area contributed by atoms with Crippen LogP contribution in [0.15, 0.2) is 30.9 Å². The summed E-state index contributed by atoms with van der Waals surface area (Å²) in [6, 6.07) is 6.37. The van der Waals surface area contributed by atoms with E-state index in [1.54, 1.807) is 0 Å². The smallest absolute Gasteiger partial charge is 0.0227 e. The summed E-state index contributed by atoms with van der Waals surface area (Å²) in [5, 5.41) is 0. The Kier molecular flexibility index (Phi) is 2.87. The fourth-order valence-corrected chi connectivity index (χ4v) is 1.17. The number of aryl methyl sites for hydroxylation is 1. The van der Waals surface area contributed by atoms with Gasteiger partial charge in [0.2, 0.25) is 0 Å². The average Bonchev–Trinajstić information content (AvgIpc) is 2.09. The van der Waals surface area contributed by atoms with Crippen LogP contribution < -0.4 is 0 Å². The molecule has 0 saturated carbocycles. The first-order valence-corrected chi connectivity index (χ1v) is 4.13. The molecule has 0 atom stereocenters. The summed E-state index contributed by atoms with van der Waals surface area (Å²) in [4.78, 5) is 0. The van der Waals surface area contributed by atoms with Gasteiger partial charge in [-0.05, 0) is 36.6 Å². The van der Waals surface area contributed by atoms with Crippen LogP contribution in [0.3, 0.4) is 0 Å². The second-order valence-electron chi connectivity index (χ2n) is 2.82. The monoisotopic (exact) mass is 158 g/mol. The van der Waals surface area contributed by atoms with Crippen molar-refractivity contribution in [3.63, 3.8) is 0 Å². The fourth-order valence-electron chi connectivity index (χ4n) is 1.17. The molecule has 0 aliphatic rings. The molecule has 0 spiro atoms. The van der Waals surface area contributed by atoms with E-state index in [-0.39, 0.29) is 0 Å². The molecule has 12 heavy (non-hydrogen) atoms. The van der Waals surface area contributed by atoms with E-state index in [2.05, 4.69) is 37.8 Å². The average molecular weight is 158 g/mol. The molecule has 0 unspecified atom stereocenters. The van der Waals surface area contributed by atoms with E-state index >= 15 is 0 Å². The summed E-state index contributed by atoms with van der Waals surface area (Å²) >= 11 is 0. The Hall–Kier alpha value is -1.30. The Morgan fingerprint density at radius 2 is 2.08 bits per heavy atom. The second-order valence-corrected chi connectivity index (χ2v) is 2.82. The lowest BCUT2D eigenvalue weighted by atomic mass is 10.1. The SMILES string of the molecule is C=Cc1cc(C=CC)ccc1C. The van der Waals surface area contributed by atoms with Crippen molar-refractivity contribution in [2.45, 2.75) is 13.8 Å². The van der Waals surface area contributed by atoms with Crippen LogP contribution in [0.25, 0.3) is 12.2 Å². The molecular formula is C12H14. The minimum atomic E-state index is 1.21. The van der Waals surface area contributed by atoms with Crippen molar-refractivity contribution in [2.75, 3.05) is 0 Å². The summed E-state index contributed by atoms with van der Waals surface area (Å²) in [6.07, 6.45) is 6.02. The van der Waals surface area contributed by atoms with Crippen LogP contribution in [0.5, 0.6) is 0 Å². The Morgan fingerprint density at radius 3 is 2.67 bits per heavy atom. The van der Waals surface area contributed by atoms with E-state index in [9.17, 15) is 0 Å². The van der Waals surface area contributed by atoms with Gasteiger partial charge in [0.25, 0.3) is 0 Å². The van der Waals surface area contributed by atoms with E-state index in [0.717, 1.165) is 0 Å². The van der Waals surface area contributed by atoms with Crippen LogP contribution in [0.2, 0.25) is 0 Å². The third kappa shape index (κ3) is 1.85. The van der Waals surface area contributed by atoms with Gasteiger partial charge in [-0.25, -0.2) is 0 Å². The Balaban J connectivity index is 3.13. The zero-order chi connectivity index (χ0) is 8.97. The first-order chi connectivity index (χ1) is 5.77. The van der Waals surface area contributed by atoms with Gasteiger partial charge in [0.15, 0.2) is 0 Å².